The number of hydrogen-bond donors (Lipinski definition) is 1. The van der Waals surface area contributed by atoms with Gasteiger partial charge in [-0.15, -0.1) is 0 Å². The summed E-state index contributed by atoms with van der Waals surface area (Å²) in [6.45, 7) is 3.98. The average Bonchev–Trinajstić information content (AvgIpc) is 2.54. The van der Waals surface area contributed by atoms with E-state index in [0.717, 1.165) is 25.4 Å². The van der Waals surface area contributed by atoms with Crippen LogP contribution in [0, 0.1) is 5.92 Å². The first-order chi connectivity index (χ1) is 10.2. The van der Waals surface area contributed by atoms with E-state index in [-0.39, 0.29) is 5.91 Å². The molecule has 1 N–H and O–H groups in total. The number of ether oxygens (including phenoxy) is 2. The lowest BCUT2D eigenvalue weighted by atomic mass is 9.99. The third-order valence-electron chi connectivity index (χ3n) is 4.07. The highest BCUT2D eigenvalue weighted by atomic mass is 16.6. The van der Waals surface area contributed by atoms with Gasteiger partial charge in [0.2, 0.25) is 0 Å². The maximum atomic E-state index is 12.5. The van der Waals surface area contributed by atoms with Crippen LogP contribution in [-0.2, 0) is 0 Å². The molecule has 1 aromatic carbocycles. The zero-order valence-corrected chi connectivity index (χ0v) is 12.4. The van der Waals surface area contributed by atoms with Crippen molar-refractivity contribution >= 4 is 5.91 Å². The lowest BCUT2D eigenvalue weighted by Crippen LogP contribution is -2.39. The molecule has 0 bridgehead atoms. The first kappa shape index (κ1) is 14.2. The number of amides is 1. The van der Waals surface area contributed by atoms with Crippen molar-refractivity contribution in [1.82, 2.24) is 10.2 Å². The average molecular weight is 290 g/mol. The van der Waals surface area contributed by atoms with Crippen LogP contribution in [-0.4, -0.2) is 50.7 Å². The van der Waals surface area contributed by atoms with E-state index in [1.165, 1.54) is 12.8 Å². The van der Waals surface area contributed by atoms with E-state index in [2.05, 4.69) is 5.32 Å². The van der Waals surface area contributed by atoms with E-state index in [1.54, 1.807) is 6.07 Å². The van der Waals surface area contributed by atoms with Crippen molar-refractivity contribution in [2.45, 2.75) is 12.8 Å². The van der Waals surface area contributed by atoms with Crippen LogP contribution >= 0.6 is 0 Å². The quantitative estimate of drug-likeness (QED) is 0.917. The third kappa shape index (κ3) is 3.29. The highest BCUT2D eigenvalue weighted by molar-refractivity contribution is 5.94. The molecule has 0 radical (unpaired) electrons. The minimum absolute atomic E-state index is 0.0394. The Morgan fingerprint density at radius 2 is 2.14 bits per heavy atom. The monoisotopic (exact) mass is 290 g/mol. The normalized spacial score (nSPS) is 20.9. The van der Waals surface area contributed by atoms with Gasteiger partial charge < -0.3 is 19.7 Å². The van der Waals surface area contributed by atoms with Gasteiger partial charge in [0.1, 0.15) is 13.2 Å². The van der Waals surface area contributed by atoms with Crippen LogP contribution in [0.15, 0.2) is 18.2 Å². The largest absolute Gasteiger partial charge is 0.486 e. The predicted molar refractivity (Wildman–Crippen MR) is 80.0 cm³/mol. The first-order valence-electron chi connectivity index (χ1n) is 7.60. The molecule has 21 heavy (non-hydrogen) atoms. The van der Waals surface area contributed by atoms with Crippen molar-refractivity contribution in [3.05, 3.63) is 23.8 Å². The number of hydrogen-bond acceptors (Lipinski definition) is 4. The fourth-order valence-electron chi connectivity index (χ4n) is 2.95. The predicted octanol–water partition coefficient (Wildman–Crippen LogP) is 1.53. The fourth-order valence-corrected chi connectivity index (χ4v) is 2.95. The van der Waals surface area contributed by atoms with Crippen LogP contribution in [0.4, 0.5) is 0 Å². The van der Waals surface area contributed by atoms with E-state index >= 15 is 0 Å². The van der Waals surface area contributed by atoms with Gasteiger partial charge in [-0.05, 0) is 50.0 Å². The molecule has 0 aromatic heterocycles. The van der Waals surface area contributed by atoms with Crippen molar-refractivity contribution in [3.63, 3.8) is 0 Å². The number of nitrogens with zero attached hydrogens (tertiary/aromatic N) is 1. The summed E-state index contributed by atoms with van der Waals surface area (Å²) in [5.74, 6) is 1.97. The smallest absolute Gasteiger partial charge is 0.253 e. The molecule has 1 atom stereocenters. The zero-order valence-electron chi connectivity index (χ0n) is 12.4. The Morgan fingerprint density at radius 3 is 2.90 bits per heavy atom. The van der Waals surface area contributed by atoms with Crippen molar-refractivity contribution in [2.24, 2.45) is 5.92 Å². The fraction of sp³-hybridized carbons (Fsp3) is 0.562. The molecule has 0 unspecified atom stereocenters. The van der Waals surface area contributed by atoms with Crippen molar-refractivity contribution in [1.29, 1.82) is 0 Å². The number of rotatable bonds is 3. The van der Waals surface area contributed by atoms with Crippen molar-refractivity contribution in [3.8, 4) is 11.5 Å². The molecule has 114 valence electrons. The Bertz CT molecular complexity index is 512. The van der Waals surface area contributed by atoms with Crippen molar-refractivity contribution in [2.75, 3.05) is 39.9 Å². The summed E-state index contributed by atoms with van der Waals surface area (Å²) in [4.78, 5) is 14.3. The van der Waals surface area contributed by atoms with Crippen LogP contribution < -0.4 is 14.8 Å². The number of carbonyl (C=O) groups excluding carboxylic acids is 1. The van der Waals surface area contributed by atoms with E-state index in [0.29, 0.717) is 30.4 Å². The van der Waals surface area contributed by atoms with Crippen LogP contribution in [0.1, 0.15) is 23.2 Å². The van der Waals surface area contributed by atoms with Crippen LogP contribution in [0.5, 0.6) is 11.5 Å². The number of piperidine rings is 1. The van der Waals surface area contributed by atoms with Gasteiger partial charge in [-0.25, -0.2) is 0 Å². The number of benzene rings is 1. The molecule has 1 fully saturated rings. The van der Waals surface area contributed by atoms with Gasteiger partial charge in [0.25, 0.3) is 5.91 Å². The molecule has 0 aliphatic carbocycles. The summed E-state index contributed by atoms with van der Waals surface area (Å²) in [5, 5.41) is 3.39. The van der Waals surface area contributed by atoms with E-state index < -0.39 is 0 Å². The summed E-state index contributed by atoms with van der Waals surface area (Å²) < 4.78 is 11.0. The highest BCUT2D eigenvalue weighted by Crippen LogP contribution is 2.31. The Balaban J connectivity index is 1.66. The molecule has 3 rings (SSSR count). The van der Waals surface area contributed by atoms with Gasteiger partial charge in [0, 0.05) is 19.2 Å². The second-order valence-corrected chi connectivity index (χ2v) is 5.76. The maximum absolute atomic E-state index is 12.5. The van der Waals surface area contributed by atoms with Crippen LogP contribution in [0.2, 0.25) is 0 Å². The molecular weight excluding hydrogens is 268 g/mol. The molecular formula is C16H22N2O3. The Labute approximate surface area is 125 Å². The number of fused-ring (bicyclic) bond motifs is 1. The van der Waals surface area contributed by atoms with E-state index in [4.69, 9.17) is 9.47 Å². The van der Waals surface area contributed by atoms with Gasteiger partial charge in [-0.3, -0.25) is 4.79 Å². The SMILES string of the molecule is CN(C[C@H]1CCCNC1)C(=O)c1ccc2c(c1)OCCO2. The molecule has 2 aliphatic heterocycles. The summed E-state index contributed by atoms with van der Waals surface area (Å²) in [7, 11) is 1.87. The van der Waals surface area contributed by atoms with Crippen molar-refractivity contribution < 1.29 is 14.3 Å². The van der Waals surface area contributed by atoms with E-state index in [1.807, 2.05) is 24.1 Å². The second kappa shape index (κ2) is 6.35. The third-order valence-corrected chi connectivity index (χ3v) is 4.07. The summed E-state index contributed by atoms with van der Waals surface area (Å²) in [5.41, 5.74) is 0.658. The zero-order chi connectivity index (χ0) is 14.7. The molecule has 2 aliphatic rings. The Morgan fingerprint density at radius 1 is 1.33 bits per heavy atom. The van der Waals surface area contributed by atoms with Gasteiger partial charge in [0.05, 0.1) is 0 Å². The molecule has 1 saturated heterocycles. The molecule has 5 heteroatoms. The van der Waals surface area contributed by atoms with E-state index in [9.17, 15) is 4.79 Å². The maximum Gasteiger partial charge on any atom is 0.253 e. The molecule has 1 aromatic rings. The molecule has 0 saturated carbocycles. The molecule has 1 amide bonds. The summed E-state index contributed by atoms with van der Waals surface area (Å²) in [6, 6.07) is 5.41. The summed E-state index contributed by atoms with van der Waals surface area (Å²) in [6.07, 6.45) is 2.38. The van der Waals surface area contributed by atoms with Gasteiger partial charge in [0.15, 0.2) is 11.5 Å². The Kier molecular flexibility index (Phi) is 4.29. The Hall–Kier alpha value is -1.75. The van der Waals surface area contributed by atoms with Crippen LogP contribution in [0.3, 0.4) is 0 Å². The van der Waals surface area contributed by atoms with Crippen LogP contribution in [0.25, 0.3) is 0 Å². The number of nitrogens with one attached hydrogen (secondary N) is 1. The lowest BCUT2D eigenvalue weighted by molar-refractivity contribution is 0.0763. The first-order valence-corrected chi connectivity index (χ1v) is 7.60. The second-order valence-electron chi connectivity index (χ2n) is 5.76. The molecule has 5 nitrogen and oxygen atoms in total. The van der Waals surface area contributed by atoms with Gasteiger partial charge in [-0.2, -0.15) is 0 Å². The minimum Gasteiger partial charge on any atom is -0.486 e. The standard InChI is InChI=1S/C16H22N2O3/c1-18(11-12-3-2-6-17-10-12)16(19)13-4-5-14-15(9-13)21-8-7-20-14/h4-5,9,12,17H,2-3,6-8,10-11H2,1H3/t12-/m0/s1. The lowest BCUT2D eigenvalue weighted by Gasteiger charge is -2.28. The summed E-state index contributed by atoms with van der Waals surface area (Å²) >= 11 is 0. The minimum atomic E-state index is 0.0394. The molecule has 2 heterocycles. The number of carbonyl (C=O) groups is 1. The van der Waals surface area contributed by atoms with Gasteiger partial charge in [-0.1, -0.05) is 0 Å². The topological polar surface area (TPSA) is 50.8 Å². The highest BCUT2D eigenvalue weighted by Gasteiger charge is 2.21. The molecule has 0 spiro atoms. The van der Waals surface area contributed by atoms with Gasteiger partial charge >= 0.3 is 0 Å².